The average molecular weight is 308 g/mol. The number of halogens is 1. The van der Waals surface area contributed by atoms with Crippen LogP contribution in [0.3, 0.4) is 0 Å². The van der Waals surface area contributed by atoms with Crippen LogP contribution in [0, 0.1) is 17.2 Å². The van der Waals surface area contributed by atoms with E-state index in [1.807, 2.05) is 6.92 Å². The van der Waals surface area contributed by atoms with Gasteiger partial charge >= 0.3 is 94.9 Å². The van der Waals surface area contributed by atoms with Crippen LogP contribution in [0.4, 0.5) is 4.79 Å². The Balaban J connectivity index is 2.36. The number of hydrogen-bond donors (Lipinski definition) is 1. The van der Waals surface area contributed by atoms with Gasteiger partial charge in [-0.25, -0.2) is 0 Å². The molecule has 2 amide bonds. The van der Waals surface area contributed by atoms with Crippen molar-refractivity contribution in [3.8, 4) is 6.07 Å². The van der Waals surface area contributed by atoms with Gasteiger partial charge in [-0.05, 0) is 0 Å². The Labute approximate surface area is 94.9 Å². The molecule has 1 rings (SSSR count). The standard InChI is InChI=1S/C9H15IN3O/c1-7(10-2)12-9(14)13-4-3-8(5-11)6-13/h7-8H,3-4,6H2,1-2H3,(H,12,14)/q-1. The zero-order valence-electron chi connectivity index (χ0n) is 8.46. The molecule has 5 heteroatoms. The Kier molecular flexibility index (Phi) is 4.45. The van der Waals surface area contributed by atoms with Gasteiger partial charge < -0.3 is 0 Å². The van der Waals surface area contributed by atoms with Gasteiger partial charge in [0.2, 0.25) is 0 Å². The Morgan fingerprint density at radius 3 is 3.00 bits per heavy atom. The van der Waals surface area contributed by atoms with Crippen molar-refractivity contribution in [3.63, 3.8) is 0 Å². The van der Waals surface area contributed by atoms with E-state index in [9.17, 15) is 4.79 Å². The van der Waals surface area contributed by atoms with E-state index in [0.29, 0.717) is 10.6 Å². The number of amides is 2. The molecule has 2 atom stereocenters. The van der Waals surface area contributed by atoms with Crippen LogP contribution in [0.25, 0.3) is 0 Å². The first-order chi connectivity index (χ1) is 6.67. The molecule has 0 radical (unpaired) electrons. The molecule has 0 bridgehead atoms. The molecule has 2 unspecified atom stereocenters. The van der Waals surface area contributed by atoms with Crippen LogP contribution in [0.1, 0.15) is 13.3 Å². The average Bonchev–Trinajstić information content (AvgIpc) is 2.65. The summed E-state index contributed by atoms with van der Waals surface area (Å²) in [7, 11) is 0. The van der Waals surface area contributed by atoms with Crippen molar-refractivity contribution < 1.29 is 26.0 Å². The second kappa shape index (κ2) is 5.39. The third kappa shape index (κ3) is 3.01. The third-order valence-electron chi connectivity index (χ3n) is 2.31. The van der Waals surface area contributed by atoms with E-state index in [0.717, 1.165) is 13.0 Å². The van der Waals surface area contributed by atoms with Crippen LogP contribution in [0.2, 0.25) is 0 Å². The van der Waals surface area contributed by atoms with Crippen LogP contribution < -0.4 is 26.5 Å². The molecule has 1 N–H and O–H groups in total. The van der Waals surface area contributed by atoms with Gasteiger partial charge in [0.25, 0.3) is 0 Å². The second-order valence-electron chi connectivity index (χ2n) is 3.34. The number of alkyl halides is 2. The van der Waals surface area contributed by atoms with Crippen molar-refractivity contribution in [3.05, 3.63) is 0 Å². The first-order valence-electron chi connectivity index (χ1n) is 4.60. The Bertz CT molecular complexity index is 251. The Morgan fingerprint density at radius 1 is 1.79 bits per heavy atom. The van der Waals surface area contributed by atoms with Gasteiger partial charge in [0.15, 0.2) is 0 Å². The quantitative estimate of drug-likeness (QED) is 0.351. The molecule has 0 spiro atoms. The Hall–Kier alpha value is -0.510. The monoisotopic (exact) mass is 308 g/mol. The van der Waals surface area contributed by atoms with Crippen LogP contribution >= 0.6 is 0 Å². The summed E-state index contributed by atoms with van der Waals surface area (Å²) in [5.41, 5.74) is 0. The van der Waals surface area contributed by atoms with Gasteiger partial charge in [0.05, 0.1) is 0 Å². The van der Waals surface area contributed by atoms with E-state index in [2.05, 4.69) is 16.3 Å². The number of nitrogens with one attached hydrogen (secondary N) is 1. The molecule has 14 heavy (non-hydrogen) atoms. The molecule has 0 aromatic heterocycles. The second-order valence-corrected chi connectivity index (χ2v) is 6.46. The zero-order chi connectivity index (χ0) is 10.6. The van der Waals surface area contributed by atoms with E-state index >= 15 is 0 Å². The van der Waals surface area contributed by atoms with Crippen molar-refractivity contribution in [1.29, 1.82) is 5.26 Å². The third-order valence-corrected chi connectivity index (χ3v) is 4.49. The number of likely N-dealkylation sites (tertiary alicyclic amines) is 1. The predicted molar refractivity (Wildman–Crippen MR) is 49.2 cm³/mol. The van der Waals surface area contributed by atoms with Crippen LogP contribution in [0.15, 0.2) is 0 Å². The predicted octanol–water partition coefficient (Wildman–Crippen LogP) is -2.39. The van der Waals surface area contributed by atoms with Gasteiger partial charge in [-0.15, -0.1) is 0 Å². The Morgan fingerprint density at radius 2 is 2.50 bits per heavy atom. The van der Waals surface area contributed by atoms with Crippen molar-refractivity contribution in [2.45, 2.75) is 17.4 Å². The molecule has 0 aromatic carbocycles. The summed E-state index contributed by atoms with van der Waals surface area (Å²) in [5, 5.41) is 11.6. The molecule has 4 nitrogen and oxygen atoms in total. The minimum absolute atomic E-state index is 0.00296. The first-order valence-corrected chi connectivity index (χ1v) is 8.00. The number of hydrogen-bond acceptors (Lipinski definition) is 2. The molecular formula is C9H15IN3O-. The number of carbonyl (C=O) groups is 1. The van der Waals surface area contributed by atoms with E-state index < -0.39 is 0 Å². The topological polar surface area (TPSA) is 56.1 Å². The summed E-state index contributed by atoms with van der Waals surface area (Å²) in [5.74, 6) is 0.0346. The molecule has 0 aromatic rings. The zero-order valence-corrected chi connectivity index (χ0v) is 10.6. The molecule has 1 saturated heterocycles. The van der Waals surface area contributed by atoms with Gasteiger partial charge in [0, 0.05) is 0 Å². The normalized spacial score (nSPS) is 23.2. The SMILES string of the molecule is C[I-]C(C)NC(=O)N1CCC(C#N)C1. The van der Waals surface area contributed by atoms with Gasteiger partial charge in [-0.3, -0.25) is 0 Å². The van der Waals surface area contributed by atoms with Crippen molar-refractivity contribution in [2.24, 2.45) is 5.92 Å². The summed E-state index contributed by atoms with van der Waals surface area (Å²) in [4.78, 5) is 15.5. The van der Waals surface area contributed by atoms with Crippen LogP contribution in [-0.4, -0.2) is 33.0 Å². The van der Waals surface area contributed by atoms with E-state index in [-0.39, 0.29) is 33.2 Å². The van der Waals surface area contributed by atoms with Gasteiger partial charge in [0.1, 0.15) is 0 Å². The molecule has 0 saturated carbocycles. The number of nitriles is 1. The molecule has 0 aliphatic carbocycles. The fourth-order valence-electron chi connectivity index (χ4n) is 1.37. The van der Waals surface area contributed by atoms with E-state index in [1.54, 1.807) is 4.90 Å². The summed E-state index contributed by atoms with van der Waals surface area (Å²) in [6, 6.07) is 2.20. The summed E-state index contributed by atoms with van der Waals surface area (Å²) in [6.45, 7) is 3.35. The molecule has 1 aliphatic heterocycles. The number of urea groups is 1. The summed E-state index contributed by atoms with van der Waals surface area (Å²) >= 11 is 0.0566. The number of nitrogens with zero attached hydrogens (tertiary/aromatic N) is 2. The van der Waals surface area contributed by atoms with E-state index in [1.165, 1.54) is 0 Å². The van der Waals surface area contributed by atoms with Crippen molar-refractivity contribution in [2.75, 3.05) is 18.0 Å². The minimum atomic E-state index is -0.00296. The molecular weight excluding hydrogens is 293 g/mol. The molecule has 1 aliphatic rings. The molecule has 1 heterocycles. The van der Waals surface area contributed by atoms with Crippen molar-refractivity contribution >= 4 is 6.03 Å². The van der Waals surface area contributed by atoms with Gasteiger partial charge in [-0.2, -0.15) is 0 Å². The fourth-order valence-corrected chi connectivity index (χ4v) is 1.94. The van der Waals surface area contributed by atoms with Crippen LogP contribution in [-0.2, 0) is 0 Å². The van der Waals surface area contributed by atoms with Gasteiger partial charge in [-0.1, -0.05) is 0 Å². The first kappa shape index (κ1) is 11.6. The number of carbonyl (C=O) groups excluding carboxylic acids is 1. The maximum atomic E-state index is 11.6. The molecule has 1 fully saturated rings. The van der Waals surface area contributed by atoms with E-state index in [4.69, 9.17) is 5.26 Å². The fraction of sp³-hybridized carbons (Fsp3) is 0.778. The van der Waals surface area contributed by atoms with Crippen molar-refractivity contribution in [1.82, 2.24) is 10.2 Å². The number of rotatable bonds is 2. The maximum absolute atomic E-state index is 11.6. The van der Waals surface area contributed by atoms with Crippen LogP contribution in [0.5, 0.6) is 0 Å². The summed E-state index contributed by atoms with van der Waals surface area (Å²) in [6.07, 6.45) is 0.819. The summed E-state index contributed by atoms with van der Waals surface area (Å²) < 4.78 is 0.322. The molecule has 80 valence electrons.